The largest absolute Gasteiger partial charge is 0.292 e. The summed E-state index contributed by atoms with van der Waals surface area (Å²) in [5, 5.41) is 6.59. The van der Waals surface area contributed by atoms with Crippen molar-refractivity contribution in [2.45, 2.75) is 20.4 Å². The van der Waals surface area contributed by atoms with Gasteiger partial charge in [-0.05, 0) is 30.5 Å². The number of nitrogens with one attached hydrogen (secondary N) is 2. The van der Waals surface area contributed by atoms with Crippen LogP contribution in [0.5, 0.6) is 0 Å². The smallest absolute Gasteiger partial charge is 0.0506 e. The van der Waals surface area contributed by atoms with Crippen LogP contribution in [0.1, 0.15) is 16.7 Å². The third-order valence-electron chi connectivity index (χ3n) is 2.90. The Bertz CT molecular complexity index is 330. The van der Waals surface area contributed by atoms with E-state index < -0.39 is 0 Å². The van der Waals surface area contributed by atoms with E-state index in [4.69, 9.17) is 0 Å². The first-order valence-corrected chi connectivity index (χ1v) is 5.45. The lowest BCUT2D eigenvalue weighted by Gasteiger charge is -2.28. The molecule has 0 saturated carbocycles. The number of hydrogen-bond donors (Lipinski definition) is 2. The molecule has 1 fully saturated rings. The normalized spacial score (nSPS) is 18.0. The molecular weight excluding hydrogens is 186 g/mol. The topological polar surface area (TPSA) is 27.3 Å². The van der Waals surface area contributed by atoms with Gasteiger partial charge < -0.3 is 0 Å². The van der Waals surface area contributed by atoms with Crippen molar-refractivity contribution >= 4 is 0 Å². The van der Waals surface area contributed by atoms with E-state index in [1.165, 1.54) is 16.7 Å². The SMILES string of the molecule is Cc1ccc(CN2CNCNC2)cc1C. The zero-order valence-corrected chi connectivity index (χ0v) is 9.51. The van der Waals surface area contributed by atoms with Gasteiger partial charge in [0.15, 0.2) is 0 Å². The van der Waals surface area contributed by atoms with Crippen molar-refractivity contribution in [2.75, 3.05) is 20.0 Å². The number of rotatable bonds is 2. The van der Waals surface area contributed by atoms with Crippen molar-refractivity contribution in [3.8, 4) is 0 Å². The maximum Gasteiger partial charge on any atom is 0.0506 e. The molecular formula is C12H19N3. The van der Waals surface area contributed by atoms with Gasteiger partial charge in [0.2, 0.25) is 0 Å². The Balaban J connectivity index is 2.00. The van der Waals surface area contributed by atoms with E-state index in [1.54, 1.807) is 0 Å². The highest BCUT2D eigenvalue weighted by Gasteiger charge is 2.08. The van der Waals surface area contributed by atoms with Gasteiger partial charge in [-0.3, -0.25) is 15.5 Å². The number of aryl methyl sites for hydroxylation is 2. The predicted octanol–water partition coefficient (Wildman–Crippen LogP) is 1.17. The Hall–Kier alpha value is -0.900. The first-order valence-electron chi connectivity index (χ1n) is 5.45. The number of benzene rings is 1. The Morgan fingerprint density at radius 3 is 2.53 bits per heavy atom. The molecule has 0 aliphatic carbocycles. The van der Waals surface area contributed by atoms with Crippen LogP contribution in [0, 0.1) is 13.8 Å². The lowest BCUT2D eigenvalue weighted by atomic mass is 10.1. The fraction of sp³-hybridized carbons (Fsp3) is 0.500. The van der Waals surface area contributed by atoms with Crippen LogP contribution >= 0.6 is 0 Å². The van der Waals surface area contributed by atoms with E-state index in [2.05, 4.69) is 47.6 Å². The van der Waals surface area contributed by atoms with E-state index in [0.29, 0.717) is 0 Å². The van der Waals surface area contributed by atoms with Gasteiger partial charge in [-0.15, -0.1) is 0 Å². The maximum atomic E-state index is 3.30. The van der Waals surface area contributed by atoms with Gasteiger partial charge in [0.25, 0.3) is 0 Å². The second kappa shape index (κ2) is 4.75. The van der Waals surface area contributed by atoms with E-state index in [0.717, 1.165) is 26.6 Å². The third kappa shape index (κ3) is 2.78. The highest BCUT2D eigenvalue weighted by Crippen LogP contribution is 2.11. The number of hydrogen-bond acceptors (Lipinski definition) is 3. The second-order valence-electron chi connectivity index (χ2n) is 4.24. The molecule has 82 valence electrons. The average Bonchev–Trinajstić information content (AvgIpc) is 2.25. The van der Waals surface area contributed by atoms with E-state index in [-0.39, 0.29) is 0 Å². The van der Waals surface area contributed by atoms with Crippen molar-refractivity contribution in [1.82, 2.24) is 15.5 Å². The molecule has 0 radical (unpaired) electrons. The molecule has 0 unspecified atom stereocenters. The molecule has 0 atom stereocenters. The Labute approximate surface area is 91.5 Å². The minimum absolute atomic E-state index is 0.920. The van der Waals surface area contributed by atoms with Crippen LogP contribution in [0.4, 0.5) is 0 Å². The second-order valence-corrected chi connectivity index (χ2v) is 4.24. The molecule has 1 aromatic rings. The first kappa shape index (κ1) is 10.6. The molecule has 0 amide bonds. The summed E-state index contributed by atoms with van der Waals surface area (Å²) in [6, 6.07) is 6.70. The summed E-state index contributed by atoms with van der Waals surface area (Å²) in [7, 11) is 0. The van der Waals surface area contributed by atoms with Crippen molar-refractivity contribution in [1.29, 1.82) is 0 Å². The van der Waals surface area contributed by atoms with Gasteiger partial charge in [-0.2, -0.15) is 0 Å². The quantitative estimate of drug-likeness (QED) is 0.759. The minimum Gasteiger partial charge on any atom is -0.292 e. The van der Waals surface area contributed by atoms with Crippen LogP contribution < -0.4 is 10.6 Å². The van der Waals surface area contributed by atoms with E-state index >= 15 is 0 Å². The van der Waals surface area contributed by atoms with Crippen LogP contribution in [0.2, 0.25) is 0 Å². The zero-order chi connectivity index (χ0) is 10.7. The summed E-state index contributed by atoms with van der Waals surface area (Å²) >= 11 is 0. The third-order valence-corrected chi connectivity index (χ3v) is 2.90. The summed E-state index contributed by atoms with van der Waals surface area (Å²) in [5.74, 6) is 0. The van der Waals surface area contributed by atoms with E-state index in [1.807, 2.05) is 0 Å². The van der Waals surface area contributed by atoms with Gasteiger partial charge in [0.05, 0.1) is 13.3 Å². The standard InChI is InChI=1S/C12H19N3/c1-10-3-4-12(5-11(10)2)6-15-8-13-7-14-9-15/h3-5,13-14H,6-9H2,1-2H3. The van der Waals surface area contributed by atoms with Gasteiger partial charge in [0, 0.05) is 13.2 Å². The molecule has 1 aliphatic heterocycles. The molecule has 0 aromatic heterocycles. The molecule has 3 nitrogen and oxygen atoms in total. The molecule has 2 rings (SSSR count). The molecule has 0 bridgehead atoms. The lowest BCUT2D eigenvalue weighted by molar-refractivity contribution is 0.184. The van der Waals surface area contributed by atoms with Gasteiger partial charge in [0.1, 0.15) is 0 Å². The monoisotopic (exact) mass is 205 g/mol. The van der Waals surface area contributed by atoms with Crippen LogP contribution in [0.15, 0.2) is 18.2 Å². The highest BCUT2D eigenvalue weighted by atomic mass is 15.4. The highest BCUT2D eigenvalue weighted by molar-refractivity contribution is 5.29. The van der Waals surface area contributed by atoms with E-state index in [9.17, 15) is 0 Å². The summed E-state index contributed by atoms with van der Waals surface area (Å²) in [6.45, 7) is 8.21. The molecule has 2 N–H and O–H groups in total. The van der Waals surface area contributed by atoms with Crippen LogP contribution in [0.3, 0.4) is 0 Å². The van der Waals surface area contributed by atoms with Crippen LogP contribution in [0.25, 0.3) is 0 Å². The zero-order valence-electron chi connectivity index (χ0n) is 9.51. The summed E-state index contributed by atoms with van der Waals surface area (Å²) in [6.07, 6.45) is 0. The molecule has 1 aliphatic rings. The summed E-state index contributed by atoms with van der Waals surface area (Å²) < 4.78 is 0. The van der Waals surface area contributed by atoms with Gasteiger partial charge in [-0.1, -0.05) is 18.2 Å². The van der Waals surface area contributed by atoms with Crippen molar-refractivity contribution in [3.05, 3.63) is 34.9 Å². The fourth-order valence-electron chi connectivity index (χ4n) is 1.84. The van der Waals surface area contributed by atoms with Crippen molar-refractivity contribution < 1.29 is 0 Å². The van der Waals surface area contributed by atoms with Crippen LogP contribution in [-0.2, 0) is 6.54 Å². The molecule has 0 spiro atoms. The van der Waals surface area contributed by atoms with Crippen molar-refractivity contribution in [3.63, 3.8) is 0 Å². The van der Waals surface area contributed by atoms with Crippen LogP contribution in [-0.4, -0.2) is 24.9 Å². The average molecular weight is 205 g/mol. The summed E-state index contributed by atoms with van der Waals surface area (Å²) in [5.41, 5.74) is 4.14. The Morgan fingerprint density at radius 2 is 1.87 bits per heavy atom. The fourth-order valence-corrected chi connectivity index (χ4v) is 1.84. The Morgan fingerprint density at radius 1 is 1.13 bits per heavy atom. The number of nitrogens with zero attached hydrogens (tertiary/aromatic N) is 1. The minimum atomic E-state index is 0.920. The first-order chi connectivity index (χ1) is 7.25. The van der Waals surface area contributed by atoms with Crippen molar-refractivity contribution in [2.24, 2.45) is 0 Å². The maximum absolute atomic E-state index is 3.30. The lowest BCUT2D eigenvalue weighted by Crippen LogP contribution is -2.50. The molecule has 1 heterocycles. The Kier molecular flexibility index (Phi) is 3.36. The molecule has 15 heavy (non-hydrogen) atoms. The molecule has 3 heteroatoms. The molecule has 1 aromatic carbocycles. The predicted molar refractivity (Wildman–Crippen MR) is 62.3 cm³/mol. The van der Waals surface area contributed by atoms with Gasteiger partial charge >= 0.3 is 0 Å². The molecule has 1 saturated heterocycles. The van der Waals surface area contributed by atoms with Gasteiger partial charge in [-0.25, -0.2) is 0 Å². The summed E-state index contributed by atoms with van der Waals surface area (Å²) in [4.78, 5) is 2.35.